The van der Waals surface area contributed by atoms with E-state index in [-0.39, 0.29) is 24.0 Å². The van der Waals surface area contributed by atoms with Gasteiger partial charge in [0.1, 0.15) is 12.2 Å². The van der Waals surface area contributed by atoms with Crippen LogP contribution in [-0.2, 0) is 9.53 Å². The second-order valence-electron chi connectivity index (χ2n) is 5.90. The van der Waals surface area contributed by atoms with Gasteiger partial charge in [-0.1, -0.05) is 27.7 Å². The van der Waals surface area contributed by atoms with Gasteiger partial charge in [-0.15, -0.1) is 0 Å². The summed E-state index contributed by atoms with van der Waals surface area (Å²) in [6.45, 7) is 10.8. The first-order valence-corrected chi connectivity index (χ1v) is 7.72. The van der Waals surface area contributed by atoms with Crippen LogP contribution in [0.5, 0.6) is 5.75 Å². The van der Waals surface area contributed by atoms with Gasteiger partial charge in [-0.2, -0.15) is 0 Å². The second kappa shape index (κ2) is 7.97. The minimum Gasteiger partial charge on any atom is -0.493 e. The first kappa shape index (κ1) is 18.2. The standard InChI is InChI=1S/C18H26O4/c1-7-22-18-14(11(2)3)8-13(9-15(18)12(4)5)16(19)10-17(20)21-6/h8-9,11-12H,7,10H2,1-6H3. The molecular weight excluding hydrogens is 280 g/mol. The highest BCUT2D eigenvalue weighted by molar-refractivity contribution is 6.06. The van der Waals surface area contributed by atoms with Crippen molar-refractivity contribution in [3.05, 3.63) is 28.8 Å². The molecule has 1 aromatic rings. The van der Waals surface area contributed by atoms with Crippen LogP contribution in [0.4, 0.5) is 0 Å². The van der Waals surface area contributed by atoms with Gasteiger partial charge in [0.2, 0.25) is 0 Å². The summed E-state index contributed by atoms with van der Waals surface area (Å²) in [4.78, 5) is 23.6. The Morgan fingerprint density at radius 1 is 1.05 bits per heavy atom. The van der Waals surface area contributed by atoms with Gasteiger partial charge in [0.05, 0.1) is 13.7 Å². The zero-order valence-electron chi connectivity index (χ0n) is 14.4. The molecule has 0 aliphatic carbocycles. The predicted octanol–water partition coefficient (Wildman–Crippen LogP) is 4.08. The predicted molar refractivity (Wildman–Crippen MR) is 86.8 cm³/mol. The minimum absolute atomic E-state index is 0.223. The molecule has 0 spiro atoms. The number of methoxy groups -OCH3 is 1. The van der Waals surface area contributed by atoms with E-state index in [9.17, 15) is 9.59 Å². The van der Waals surface area contributed by atoms with Crippen LogP contribution in [-0.4, -0.2) is 25.5 Å². The smallest absolute Gasteiger partial charge is 0.313 e. The van der Waals surface area contributed by atoms with Crippen molar-refractivity contribution < 1.29 is 19.1 Å². The van der Waals surface area contributed by atoms with Gasteiger partial charge in [0, 0.05) is 5.56 Å². The Balaban J connectivity index is 3.36. The molecule has 1 aromatic carbocycles. The number of hydrogen-bond acceptors (Lipinski definition) is 4. The van der Waals surface area contributed by atoms with Crippen LogP contribution in [0.25, 0.3) is 0 Å². The molecule has 0 amide bonds. The highest BCUT2D eigenvalue weighted by atomic mass is 16.5. The van der Waals surface area contributed by atoms with Crippen LogP contribution in [0.1, 0.15) is 74.4 Å². The van der Waals surface area contributed by atoms with Gasteiger partial charge in [-0.05, 0) is 42.0 Å². The fourth-order valence-electron chi connectivity index (χ4n) is 2.31. The molecule has 0 unspecified atom stereocenters. The van der Waals surface area contributed by atoms with E-state index in [1.165, 1.54) is 7.11 Å². The highest BCUT2D eigenvalue weighted by Crippen LogP contribution is 2.36. The van der Waals surface area contributed by atoms with Gasteiger partial charge in [0.15, 0.2) is 5.78 Å². The van der Waals surface area contributed by atoms with Gasteiger partial charge in [-0.3, -0.25) is 9.59 Å². The average molecular weight is 306 g/mol. The molecule has 4 nitrogen and oxygen atoms in total. The van der Waals surface area contributed by atoms with Gasteiger partial charge < -0.3 is 9.47 Å². The van der Waals surface area contributed by atoms with E-state index < -0.39 is 5.97 Å². The van der Waals surface area contributed by atoms with Crippen molar-refractivity contribution in [1.29, 1.82) is 0 Å². The van der Waals surface area contributed by atoms with Crippen LogP contribution in [0.3, 0.4) is 0 Å². The third-order valence-corrected chi connectivity index (χ3v) is 3.53. The summed E-state index contributed by atoms with van der Waals surface area (Å²) >= 11 is 0. The molecular formula is C18H26O4. The van der Waals surface area contributed by atoms with Crippen molar-refractivity contribution in [2.24, 2.45) is 0 Å². The summed E-state index contributed by atoms with van der Waals surface area (Å²) in [5.74, 6) is 0.576. The quantitative estimate of drug-likeness (QED) is 0.433. The van der Waals surface area contributed by atoms with Gasteiger partial charge in [-0.25, -0.2) is 0 Å². The van der Waals surface area contributed by atoms with E-state index in [2.05, 4.69) is 32.4 Å². The summed E-state index contributed by atoms with van der Waals surface area (Å²) in [6, 6.07) is 3.68. The first-order valence-electron chi connectivity index (χ1n) is 7.72. The van der Waals surface area contributed by atoms with Crippen molar-refractivity contribution in [2.45, 2.75) is 52.9 Å². The lowest BCUT2D eigenvalue weighted by Gasteiger charge is -2.21. The van der Waals surface area contributed by atoms with Crippen LogP contribution in [0.15, 0.2) is 12.1 Å². The number of carbonyl (C=O) groups is 2. The lowest BCUT2D eigenvalue weighted by Crippen LogP contribution is -2.12. The summed E-state index contributed by atoms with van der Waals surface area (Å²) in [7, 11) is 1.28. The van der Waals surface area contributed by atoms with Crippen molar-refractivity contribution in [1.82, 2.24) is 0 Å². The molecule has 0 aliphatic rings. The van der Waals surface area contributed by atoms with Gasteiger partial charge >= 0.3 is 5.97 Å². The molecule has 0 aliphatic heterocycles. The zero-order valence-corrected chi connectivity index (χ0v) is 14.4. The highest BCUT2D eigenvalue weighted by Gasteiger charge is 2.21. The molecule has 0 saturated carbocycles. The molecule has 0 N–H and O–H groups in total. The normalized spacial score (nSPS) is 10.9. The second-order valence-corrected chi connectivity index (χ2v) is 5.90. The van der Waals surface area contributed by atoms with E-state index in [1.54, 1.807) is 0 Å². The van der Waals surface area contributed by atoms with E-state index in [0.29, 0.717) is 12.2 Å². The summed E-state index contributed by atoms with van der Waals surface area (Å²) in [6.07, 6.45) is -0.237. The Labute approximate surface area is 132 Å². The molecule has 4 heteroatoms. The van der Waals surface area contributed by atoms with Crippen LogP contribution < -0.4 is 4.74 Å². The fourth-order valence-corrected chi connectivity index (χ4v) is 2.31. The zero-order chi connectivity index (χ0) is 16.9. The van der Waals surface area contributed by atoms with Crippen molar-refractivity contribution in [3.63, 3.8) is 0 Å². The van der Waals surface area contributed by atoms with Crippen molar-refractivity contribution in [2.75, 3.05) is 13.7 Å². The average Bonchev–Trinajstić information content (AvgIpc) is 2.46. The molecule has 1 rings (SSSR count). The third-order valence-electron chi connectivity index (χ3n) is 3.53. The number of hydrogen-bond donors (Lipinski definition) is 0. The lowest BCUT2D eigenvalue weighted by molar-refractivity contribution is -0.139. The largest absolute Gasteiger partial charge is 0.493 e. The van der Waals surface area contributed by atoms with E-state index in [0.717, 1.165) is 16.9 Å². The lowest BCUT2D eigenvalue weighted by atomic mass is 9.90. The van der Waals surface area contributed by atoms with E-state index in [1.807, 2.05) is 19.1 Å². The Kier molecular flexibility index (Phi) is 6.60. The first-order chi connectivity index (χ1) is 10.3. The maximum Gasteiger partial charge on any atom is 0.313 e. The van der Waals surface area contributed by atoms with Crippen LogP contribution in [0.2, 0.25) is 0 Å². The monoisotopic (exact) mass is 306 g/mol. The maximum absolute atomic E-state index is 12.3. The molecule has 22 heavy (non-hydrogen) atoms. The number of Topliss-reactive ketones (excluding diaryl/α,β-unsaturated/α-hetero) is 1. The molecule has 0 atom stereocenters. The van der Waals surface area contributed by atoms with Crippen molar-refractivity contribution in [3.8, 4) is 5.75 Å². The van der Waals surface area contributed by atoms with Crippen LogP contribution >= 0.6 is 0 Å². The molecule has 0 aromatic heterocycles. The van der Waals surface area contributed by atoms with Crippen LogP contribution in [0, 0.1) is 0 Å². The Bertz CT molecular complexity index is 515. The topological polar surface area (TPSA) is 52.6 Å². The molecule has 0 bridgehead atoms. The minimum atomic E-state index is -0.518. The molecule has 0 fully saturated rings. The Morgan fingerprint density at radius 2 is 1.55 bits per heavy atom. The molecule has 0 heterocycles. The summed E-state index contributed by atoms with van der Waals surface area (Å²) in [5, 5.41) is 0. The number of esters is 1. The number of rotatable bonds is 7. The number of ether oxygens (including phenoxy) is 2. The maximum atomic E-state index is 12.3. The number of ketones is 1. The summed E-state index contributed by atoms with van der Waals surface area (Å²) in [5.41, 5.74) is 2.55. The molecule has 0 radical (unpaired) electrons. The fraction of sp³-hybridized carbons (Fsp3) is 0.556. The summed E-state index contributed by atoms with van der Waals surface area (Å²) < 4.78 is 10.4. The van der Waals surface area contributed by atoms with Crippen molar-refractivity contribution >= 4 is 11.8 Å². The molecule has 122 valence electrons. The SMILES string of the molecule is CCOc1c(C(C)C)cc(C(=O)CC(=O)OC)cc1C(C)C. The Hall–Kier alpha value is -1.84. The van der Waals surface area contributed by atoms with E-state index in [4.69, 9.17) is 4.74 Å². The number of carbonyl (C=O) groups excluding carboxylic acids is 2. The molecule has 0 saturated heterocycles. The Morgan fingerprint density at radius 3 is 1.91 bits per heavy atom. The van der Waals surface area contributed by atoms with E-state index >= 15 is 0 Å². The number of benzene rings is 1. The van der Waals surface area contributed by atoms with Gasteiger partial charge in [0.25, 0.3) is 0 Å². The third kappa shape index (κ3) is 4.33.